The molecule has 1 aromatic heterocycles. The van der Waals surface area contributed by atoms with Gasteiger partial charge in [0.2, 0.25) is 11.8 Å². The summed E-state index contributed by atoms with van der Waals surface area (Å²) in [5, 5.41) is 12.6. The normalized spacial score (nSPS) is 20.0. The first-order valence-electron chi connectivity index (χ1n) is 9.53. The number of hydrogen-bond acceptors (Lipinski definition) is 3. The lowest BCUT2D eigenvalue weighted by Crippen LogP contribution is -2.31. The molecule has 7 heteroatoms. The maximum atomic E-state index is 13.4. The molecular weight excluding hydrogens is 347 g/mol. The van der Waals surface area contributed by atoms with Crippen LogP contribution in [-0.4, -0.2) is 22.0 Å². The second-order valence-electron chi connectivity index (χ2n) is 7.51. The maximum Gasteiger partial charge on any atom is 0.233 e. The molecule has 1 aliphatic heterocycles. The average molecular weight is 370 g/mol. The van der Waals surface area contributed by atoms with Gasteiger partial charge in [0.1, 0.15) is 5.82 Å². The van der Waals surface area contributed by atoms with Gasteiger partial charge in [-0.1, -0.05) is 38.2 Å². The molecule has 27 heavy (non-hydrogen) atoms. The summed E-state index contributed by atoms with van der Waals surface area (Å²) in [6.45, 7) is 0. The zero-order valence-electron chi connectivity index (χ0n) is 15.1. The summed E-state index contributed by atoms with van der Waals surface area (Å²) < 4.78 is 13.4. The number of carbonyl (C=O) groups is 2. The molecule has 3 N–H and O–H groups in total. The highest BCUT2D eigenvalue weighted by molar-refractivity contribution is 6.04. The Hall–Kier alpha value is -2.70. The Morgan fingerprint density at radius 1 is 1.22 bits per heavy atom. The fraction of sp³-hybridized carbons (Fsp3) is 0.450. The summed E-state index contributed by atoms with van der Waals surface area (Å²) in [6.07, 6.45) is 7.34. The molecule has 2 heterocycles. The van der Waals surface area contributed by atoms with Gasteiger partial charge < -0.3 is 10.6 Å². The number of benzene rings is 1. The third-order valence-corrected chi connectivity index (χ3v) is 5.49. The van der Waals surface area contributed by atoms with E-state index in [1.807, 2.05) is 6.07 Å². The smallest absolute Gasteiger partial charge is 0.233 e. The van der Waals surface area contributed by atoms with E-state index in [4.69, 9.17) is 0 Å². The Kier molecular flexibility index (Phi) is 4.92. The molecular formula is C20H23FN4O2. The summed E-state index contributed by atoms with van der Waals surface area (Å²) in [6, 6.07) is 5.95. The second kappa shape index (κ2) is 7.50. The molecule has 2 amide bonds. The van der Waals surface area contributed by atoms with Crippen LogP contribution in [0.1, 0.15) is 55.7 Å². The molecule has 1 atom stereocenters. The SMILES string of the molecule is O=C1C[C@@H](C(=O)Nc2cc(CC3CCCCC3)[nH]n2)c2ccc(F)cc2N1. The van der Waals surface area contributed by atoms with Gasteiger partial charge in [-0.2, -0.15) is 5.10 Å². The van der Waals surface area contributed by atoms with Crippen molar-refractivity contribution in [1.82, 2.24) is 10.2 Å². The first kappa shape index (κ1) is 17.7. The Morgan fingerprint density at radius 2 is 2.04 bits per heavy atom. The number of rotatable bonds is 4. The van der Waals surface area contributed by atoms with Crippen LogP contribution >= 0.6 is 0 Å². The lowest BCUT2D eigenvalue weighted by molar-refractivity contribution is -0.123. The fourth-order valence-corrected chi connectivity index (χ4v) is 4.12. The molecule has 0 unspecified atom stereocenters. The van der Waals surface area contributed by atoms with E-state index in [0.29, 0.717) is 23.0 Å². The number of fused-ring (bicyclic) bond motifs is 1. The molecule has 4 rings (SSSR count). The van der Waals surface area contributed by atoms with E-state index >= 15 is 0 Å². The Balaban J connectivity index is 1.44. The van der Waals surface area contributed by atoms with Gasteiger partial charge in [-0.15, -0.1) is 0 Å². The lowest BCUT2D eigenvalue weighted by atomic mass is 9.86. The van der Waals surface area contributed by atoms with Crippen molar-refractivity contribution in [3.05, 3.63) is 41.3 Å². The average Bonchev–Trinajstić information content (AvgIpc) is 3.08. The molecule has 1 aliphatic carbocycles. The van der Waals surface area contributed by atoms with Crippen molar-refractivity contribution >= 4 is 23.3 Å². The molecule has 1 fully saturated rings. The van der Waals surface area contributed by atoms with Crippen molar-refractivity contribution in [3.8, 4) is 0 Å². The molecule has 1 aromatic carbocycles. The van der Waals surface area contributed by atoms with Gasteiger partial charge in [0.05, 0.1) is 5.92 Å². The van der Waals surface area contributed by atoms with Crippen LogP contribution in [-0.2, 0) is 16.0 Å². The summed E-state index contributed by atoms with van der Waals surface area (Å²) in [5.41, 5.74) is 1.99. The number of carbonyl (C=O) groups excluding carboxylic acids is 2. The van der Waals surface area contributed by atoms with Gasteiger partial charge in [-0.3, -0.25) is 14.7 Å². The highest BCUT2D eigenvalue weighted by Gasteiger charge is 2.31. The van der Waals surface area contributed by atoms with E-state index in [0.717, 1.165) is 12.1 Å². The molecule has 0 spiro atoms. The van der Waals surface area contributed by atoms with Crippen molar-refractivity contribution in [3.63, 3.8) is 0 Å². The van der Waals surface area contributed by atoms with Gasteiger partial charge in [0.25, 0.3) is 0 Å². The van der Waals surface area contributed by atoms with E-state index < -0.39 is 11.7 Å². The first-order valence-corrected chi connectivity index (χ1v) is 9.53. The highest BCUT2D eigenvalue weighted by atomic mass is 19.1. The summed E-state index contributed by atoms with van der Waals surface area (Å²) in [7, 11) is 0. The Labute approximate surface area is 156 Å². The van der Waals surface area contributed by atoms with Gasteiger partial charge in [0.15, 0.2) is 5.82 Å². The maximum absolute atomic E-state index is 13.4. The summed E-state index contributed by atoms with van der Waals surface area (Å²) >= 11 is 0. The van der Waals surface area contributed by atoms with Crippen molar-refractivity contribution in [1.29, 1.82) is 0 Å². The Morgan fingerprint density at radius 3 is 2.85 bits per heavy atom. The van der Waals surface area contributed by atoms with Gasteiger partial charge in [0, 0.05) is 23.9 Å². The van der Waals surface area contributed by atoms with Crippen molar-refractivity contribution < 1.29 is 14.0 Å². The van der Waals surface area contributed by atoms with Gasteiger partial charge in [-0.25, -0.2) is 4.39 Å². The number of amides is 2. The molecule has 2 aromatic rings. The van der Waals surface area contributed by atoms with Crippen LogP contribution in [0.2, 0.25) is 0 Å². The monoisotopic (exact) mass is 370 g/mol. The third kappa shape index (κ3) is 4.02. The second-order valence-corrected chi connectivity index (χ2v) is 7.51. The quantitative estimate of drug-likeness (QED) is 0.766. The van der Waals surface area contributed by atoms with Crippen LogP contribution < -0.4 is 10.6 Å². The minimum Gasteiger partial charge on any atom is -0.326 e. The van der Waals surface area contributed by atoms with Gasteiger partial charge in [-0.05, 0) is 30.0 Å². The molecule has 6 nitrogen and oxygen atoms in total. The number of nitrogens with one attached hydrogen (secondary N) is 3. The van der Waals surface area contributed by atoms with Crippen molar-refractivity contribution in [2.24, 2.45) is 5.92 Å². The zero-order valence-corrected chi connectivity index (χ0v) is 15.1. The van der Waals surface area contributed by atoms with Crippen LogP contribution in [0.3, 0.4) is 0 Å². The van der Waals surface area contributed by atoms with E-state index in [9.17, 15) is 14.0 Å². The lowest BCUT2D eigenvalue weighted by Gasteiger charge is -2.24. The third-order valence-electron chi connectivity index (χ3n) is 5.49. The largest absolute Gasteiger partial charge is 0.326 e. The van der Waals surface area contributed by atoms with Gasteiger partial charge >= 0.3 is 0 Å². The number of aromatic nitrogens is 2. The number of H-pyrrole nitrogens is 1. The molecule has 1 saturated carbocycles. The molecule has 142 valence electrons. The standard InChI is InChI=1S/C20H23FN4O2/c21-13-6-7-15-16(11-19(26)22-17(15)9-13)20(27)23-18-10-14(24-25-18)8-12-4-2-1-3-5-12/h6-7,9-10,12,16H,1-5,8,11H2,(H,22,26)(H2,23,24,25,27)/t16-/m1/s1. The fourth-order valence-electron chi connectivity index (χ4n) is 4.12. The summed E-state index contributed by atoms with van der Waals surface area (Å²) in [4.78, 5) is 24.6. The van der Waals surface area contributed by atoms with E-state index in [2.05, 4.69) is 20.8 Å². The molecule has 2 aliphatic rings. The predicted molar refractivity (Wildman–Crippen MR) is 99.9 cm³/mol. The topological polar surface area (TPSA) is 86.9 Å². The van der Waals surface area contributed by atoms with Crippen molar-refractivity contribution in [2.45, 2.75) is 50.9 Å². The number of aromatic amines is 1. The molecule has 0 saturated heterocycles. The van der Waals surface area contributed by atoms with E-state index in [1.165, 1.54) is 44.2 Å². The number of nitrogens with zero attached hydrogens (tertiary/aromatic N) is 1. The van der Waals surface area contributed by atoms with E-state index in [-0.39, 0.29) is 18.2 Å². The van der Waals surface area contributed by atoms with Crippen LogP contribution in [0.4, 0.5) is 15.9 Å². The first-order chi connectivity index (χ1) is 13.1. The summed E-state index contributed by atoms with van der Waals surface area (Å²) in [5.74, 6) is -0.587. The number of halogens is 1. The minimum absolute atomic E-state index is 0.0316. The molecule has 0 radical (unpaired) electrons. The van der Waals surface area contributed by atoms with E-state index in [1.54, 1.807) is 6.07 Å². The van der Waals surface area contributed by atoms with Crippen molar-refractivity contribution in [2.75, 3.05) is 10.6 Å². The van der Waals surface area contributed by atoms with Crippen LogP contribution in [0, 0.1) is 11.7 Å². The van der Waals surface area contributed by atoms with Crippen LogP contribution in [0.25, 0.3) is 0 Å². The van der Waals surface area contributed by atoms with Crippen LogP contribution in [0.15, 0.2) is 24.3 Å². The highest BCUT2D eigenvalue weighted by Crippen LogP contribution is 2.33. The Bertz CT molecular complexity index is 857. The zero-order chi connectivity index (χ0) is 18.8. The number of hydrogen-bond donors (Lipinski definition) is 3. The number of anilines is 2. The molecule has 0 bridgehead atoms. The van der Waals surface area contributed by atoms with Crippen LogP contribution in [0.5, 0.6) is 0 Å². The predicted octanol–water partition coefficient (Wildman–Crippen LogP) is 3.74. The minimum atomic E-state index is -0.659.